The zero-order valence-electron chi connectivity index (χ0n) is 12.9. The first-order valence-corrected chi connectivity index (χ1v) is 7.79. The van der Waals surface area contributed by atoms with Crippen LogP contribution < -0.4 is 10.1 Å². The van der Waals surface area contributed by atoms with Crippen molar-refractivity contribution in [2.24, 2.45) is 0 Å². The third-order valence-electron chi connectivity index (χ3n) is 3.35. The molecule has 23 heavy (non-hydrogen) atoms. The van der Waals surface area contributed by atoms with E-state index in [4.69, 9.17) is 21.6 Å². The molecule has 0 amide bonds. The average molecular weight is 333 g/mol. The third-order valence-corrected chi connectivity index (χ3v) is 3.68. The average Bonchev–Trinajstić information content (AvgIpc) is 2.52. The van der Waals surface area contributed by atoms with Crippen LogP contribution in [0.2, 0.25) is 5.02 Å². The molecule has 1 unspecified atom stereocenters. The van der Waals surface area contributed by atoms with Gasteiger partial charge in [-0.15, -0.1) is 0 Å². The normalized spacial score (nSPS) is 11.6. The molecule has 0 aliphatic heterocycles. The lowest BCUT2D eigenvalue weighted by Gasteiger charge is -2.17. The van der Waals surface area contributed by atoms with Crippen LogP contribution >= 0.6 is 11.6 Å². The van der Waals surface area contributed by atoms with Gasteiger partial charge in [0.05, 0.1) is 12.7 Å². The number of halogens is 2. The Hall–Kier alpha value is -2.25. The number of hydrogen-bond acceptors (Lipinski definition) is 3. The number of ether oxygens (including phenoxy) is 1. The molecule has 2 aromatic rings. The van der Waals surface area contributed by atoms with E-state index in [0.29, 0.717) is 24.5 Å². The Morgan fingerprint density at radius 3 is 2.87 bits per heavy atom. The molecule has 0 saturated heterocycles. The summed E-state index contributed by atoms with van der Waals surface area (Å²) in [7, 11) is 0. The molecule has 3 nitrogen and oxygen atoms in total. The molecule has 120 valence electrons. The molecule has 1 N–H and O–H groups in total. The number of rotatable bonds is 7. The van der Waals surface area contributed by atoms with Crippen molar-refractivity contribution in [2.45, 2.75) is 25.8 Å². The van der Waals surface area contributed by atoms with E-state index in [1.807, 2.05) is 31.2 Å². The maximum absolute atomic E-state index is 13.1. The van der Waals surface area contributed by atoms with E-state index in [0.717, 1.165) is 17.0 Å². The maximum atomic E-state index is 13.1. The van der Waals surface area contributed by atoms with Crippen LogP contribution in [-0.4, -0.2) is 6.61 Å². The fourth-order valence-electron chi connectivity index (χ4n) is 2.20. The van der Waals surface area contributed by atoms with E-state index in [9.17, 15) is 4.39 Å². The first kappa shape index (κ1) is 17.1. The van der Waals surface area contributed by atoms with Crippen LogP contribution in [0.15, 0.2) is 42.5 Å². The van der Waals surface area contributed by atoms with Crippen molar-refractivity contribution in [2.75, 3.05) is 11.9 Å². The quantitative estimate of drug-likeness (QED) is 0.696. The standard InChI is InChI=1S/C18H18ClFN2O/c1-13(17-8-7-14(20)11-18(17)19)22-15-5-4-6-16(12-15)23-10-3-2-9-21/h4-8,11-13,22H,2-3,10H2,1H3. The predicted octanol–water partition coefficient (Wildman–Crippen LogP) is 5.33. The number of nitrogens with one attached hydrogen (secondary N) is 1. The van der Waals surface area contributed by atoms with Crippen molar-refractivity contribution < 1.29 is 9.13 Å². The molecule has 1 atom stereocenters. The Morgan fingerprint density at radius 1 is 1.30 bits per heavy atom. The van der Waals surface area contributed by atoms with E-state index in [2.05, 4.69) is 11.4 Å². The second kappa shape index (κ2) is 8.40. The molecule has 0 radical (unpaired) electrons. The smallest absolute Gasteiger partial charge is 0.124 e. The molecule has 0 aliphatic rings. The van der Waals surface area contributed by atoms with Gasteiger partial charge in [0, 0.05) is 29.2 Å². The van der Waals surface area contributed by atoms with E-state index in [1.54, 1.807) is 6.07 Å². The molecular weight excluding hydrogens is 315 g/mol. The number of nitrogens with zero attached hydrogens (tertiary/aromatic N) is 1. The summed E-state index contributed by atoms with van der Waals surface area (Å²) < 4.78 is 18.7. The maximum Gasteiger partial charge on any atom is 0.124 e. The third kappa shape index (κ3) is 5.15. The number of benzene rings is 2. The highest BCUT2D eigenvalue weighted by Gasteiger charge is 2.10. The minimum atomic E-state index is -0.348. The van der Waals surface area contributed by atoms with Gasteiger partial charge >= 0.3 is 0 Å². The largest absolute Gasteiger partial charge is 0.493 e. The zero-order valence-corrected chi connectivity index (χ0v) is 13.6. The topological polar surface area (TPSA) is 45.0 Å². The van der Waals surface area contributed by atoms with Crippen LogP contribution in [0.3, 0.4) is 0 Å². The summed E-state index contributed by atoms with van der Waals surface area (Å²) in [6.45, 7) is 2.47. The molecule has 2 rings (SSSR count). The minimum Gasteiger partial charge on any atom is -0.493 e. The van der Waals surface area contributed by atoms with Crippen molar-refractivity contribution >= 4 is 17.3 Å². The monoisotopic (exact) mass is 332 g/mol. The summed E-state index contributed by atoms with van der Waals surface area (Å²) in [5.74, 6) is 0.393. The van der Waals surface area contributed by atoms with E-state index < -0.39 is 0 Å². The van der Waals surface area contributed by atoms with Gasteiger partial charge in [0.15, 0.2) is 0 Å². The molecule has 0 aliphatic carbocycles. The Morgan fingerprint density at radius 2 is 2.13 bits per heavy atom. The van der Waals surface area contributed by atoms with Crippen LogP contribution in [0.1, 0.15) is 31.4 Å². The van der Waals surface area contributed by atoms with Gasteiger partial charge in [0.1, 0.15) is 11.6 Å². The lowest BCUT2D eigenvalue weighted by molar-refractivity contribution is 0.313. The Balaban J connectivity index is 2.00. The van der Waals surface area contributed by atoms with Crippen LogP contribution in [0.4, 0.5) is 10.1 Å². The second-order valence-corrected chi connectivity index (χ2v) is 5.58. The molecule has 0 heterocycles. The van der Waals surface area contributed by atoms with Crippen LogP contribution in [0.25, 0.3) is 0 Å². The van der Waals surface area contributed by atoms with Crippen molar-refractivity contribution in [1.29, 1.82) is 5.26 Å². The summed E-state index contributed by atoms with van der Waals surface area (Å²) in [6, 6.07) is 14.0. The summed E-state index contributed by atoms with van der Waals surface area (Å²) >= 11 is 6.09. The Labute approximate surface area is 140 Å². The number of anilines is 1. The lowest BCUT2D eigenvalue weighted by atomic mass is 10.1. The summed E-state index contributed by atoms with van der Waals surface area (Å²) in [6.07, 6.45) is 1.19. The van der Waals surface area contributed by atoms with Gasteiger partial charge in [-0.2, -0.15) is 5.26 Å². The van der Waals surface area contributed by atoms with Gasteiger partial charge in [0.2, 0.25) is 0 Å². The van der Waals surface area contributed by atoms with E-state index in [1.165, 1.54) is 12.1 Å². The molecule has 5 heteroatoms. The molecule has 0 fully saturated rings. The second-order valence-electron chi connectivity index (χ2n) is 5.17. The van der Waals surface area contributed by atoms with Gasteiger partial charge in [-0.05, 0) is 43.2 Å². The summed E-state index contributed by atoms with van der Waals surface area (Å²) in [5, 5.41) is 12.2. The zero-order chi connectivity index (χ0) is 16.7. The number of hydrogen-bond donors (Lipinski definition) is 1. The minimum absolute atomic E-state index is 0.0723. The highest BCUT2D eigenvalue weighted by molar-refractivity contribution is 6.31. The SMILES string of the molecule is CC(Nc1cccc(OCCCC#N)c1)c1ccc(F)cc1Cl. The van der Waals surface area contributed by atoms with Crippen molar-refractivity contribution in [3.8, 4) is 11.8 Å². The van der Waals surface area contributed by atoms with Gasteiger partial charge in [0.25, 0.3) is 0 Å². The number of nitriles is 1. The molecule has 0 saturated carbocycles. The van der Waals surface area contributed by atoms with Gasteiger partial charge in [-0.1, -0.05) is 23.7 Å². The first-order valence-electron chi connectivity index (χ1n) is 7.41. The van der Waals surface area contributed by atoms with Crippen LogP contribution in [0, 0.1) is 17.1 Å². The molecular formula is C18H18ClFN2O. The van der Waals surface area contributed by atoms with Crippen LogP contribution in [0.5, 0.6) is 5.75 Å². The van der Waals surface area contributed by atoms with E-state index in [-0.39, 0.29) is 11.9 Å². The van der Waals surface area contributed by atoms with Gasteiger partial charge in [-0.25, -0.2) is 4.39 Å². The molecule has 0 bridgehead atoms. The highest BCUT2D eigenvalue weighted by Crippen LogP contribution is 2.28. The molecule has 0 spiro atoms. The lowest BCUT2D eigenvalue weighted by Crippen LogP contribution is -2.07. The predicted molar refractivity (Wildman–Crippen MR) is 90.2 cm³/mol. The fraction of sp³-hybridized carbons (Fsp3) is 0.278. The fourth-order valence-corrected chi connectivity index (χ4v) is 2.53. The summed E-state index contributed by atoms with van der Waals surface area (Å²) in [4.78, 5) is 0. The Kier molecular flexibility index (Phi) is 6.25. The van der Waals surface area contributed by atoms with Crippen LogP contribution in [-0.2, 0) is 0 Å². The number of unbranched alkanes of at least 4 members (excludes halogenated alkanes) is 1. The van der Waals surface area contributed by atoms with E-state index >= 15 is 0 Å². The van der Waals surface area contributed by atoms with Gasteiger partial charge in [-0.3, -0.25) is 0 Å². The van der Waals surface area contributed by atoms with Crippen molar-refractivity contribution in [3.63, 3.8) is 0 Å². The van der Waals surface area contributed by atoms with Crippen molar-refractivity contribution in [1.82, 2.24) is 0 Å². The summed E-state index contributed by atoms with van der Waals surface area (Å²) in [5.41, 5.74) is 1.71. The van der Waals surface area contributed by atoms with Gasteiger partial charge < -0.3 is 10.1 Å². The van der Waals surface area contributed by atoms with Crippen molar-refractivity contribution in [3.05, 3.63) is 58.9 Å². The first-order chi connectivity index (χ1) is 11.1. The highest BCUT2D eigenvalue weighted by atomic mass is 35.5. The molecule has 2 aromatic carbocycles. The molecule has 0 aromatic heterocycles. The Bertz CT molecular complexity index is 700.